The first kappa shape index (κ1) is 13.2. The first-order valence-corrected chi connectivity index (χ1v) is 7.55. The average Bonchev–Trinajstić information content (AvgIpc) is 2.78. The second-order valence-electron chi connectivity index (χ2n) is 7.71. The SMILES string of the molecule is CC(C)(C)OC(=O)N1C[C@@]23CCCC[C@@]2(CNC3)C1. The van der Waals surface area contributed by atoms with Gasteiger partial charge in [-0.15, -0.1) is 0 Å². The van der Waals surface area contributed by atoms with Gasteiger partial charge in [-0.25, -0.2) is 4.79 Å². The van der Waals surface area contributed by atoms with E-state index in [4.69, 9.17) is 4.74 Å². The summed E-state index contributed by atoms with van der Waals surface area (Å²) in [5.41, 5.74) is 0.248. The molecule has 2 atom stereocenters. The molecule has 2 saturated heterocycles. The highest BCUT2D eigenvalue weighted by Crippen LogP contribution is 2.57. The molecule has 0 radical (unpaired) electrons. The highest BCUT2D eigenvalue weighted by molar-refractivity contribution is 5.69. The van der Waals surface area contributed by atoms with E-state index in [-0.39, 0.29) is 6.09 Å². The van der Waals surface area contributed by atoms with Gasteiger partial charge in [0.25, 0.3) is 0 Å². The minimum atomic E-state index is -0.395. The smallest absolute Gasteiger partial charge is 0.410 e. The van der Waals surface area contributed by atoms with Crippen molar-refractivity contribution < 1.29 is 9.53 Å². The molecule has 2 aliphatic heterocycles. The Kier molecular flexibility index (Phi) is 2.86. The molecule has 1 aliphatic carbocycles. The van der Waals surface area contributed by atoms with E-state index in [1.54, 1.807) is 0 Å². The van der Waals surface area contributed by atoms with Crippen molar-refractivity contribution >= 4 is 6.09 Å². The molecule has 0 bridgehead atoms. The Bertz CT molecular complexity index is 368. The van der Waals surface area contributed by atoms with Crippen molar-refractivity contribution in [1.29, 1.82) is 0 Å². The maximum absolute atomic E-state index is 12.3. The van der Waals surface area contributed by atoms with E-state index in [1.165, 1.54) is 25.7 Å². The maximum Gasteiger partial charge on any atom is 0.410 e. The fourth-order valence-corrected chi connectivity index (χ4v) is 4.40. The molecular weight excluding hydrogens is 240 g/mol. The molecule has 2 heterocycles. The van der Waals surface area contributed by atoms with Crippen molar-refractivity contribution in [3.8, 4) is 0 Å². The Morgan fingerprint density at radius 3 is 2.11 bits per heavy atom. The number of rotatable bonds is 0. The molecule has 0 aromatic carbocycles. The summed E-state index contributed by atoms with van der Waals surface area (Å²) in [6.07, 6.45) is 5.03. The molecule has 1 N–H and O–H groups in total. The van der Waals surface area contributed by atoms with Crippen LogP contribution in [0.5, 0.6) is 0 Å². The van der Waals surface area contributed by atoms with Crippen LogP contribution in [0.4, 0.5) is 4.79 Å². The zero-order valence-electron chi connectivity index (χ0n) is 12.4. The molecule has 0 aromatic heterocycles. The zero-order chi connectivity index (χ0) is 13.7. The van der Waals surface area contributed by atoms with Gasteiger partial charge in [0.15, 0.2) is 0 Å². The number of hydrogen-bond donors (Lipinski definition) is 1. The summed E-state index contributed by atoms with van der Waals surface area (Å²) in [7, 11) is 0. The first-order valence-electron chi connectivity index (χ1n) is 7.55. The summed E-state index contributed by atoms with van der Waals surface area (Å²) in [4.78, 5) is 14.3. The summed E-state index contributed by atoms with van der Waals surface area (Å²) in [6.45, 7) is 9.73. The lowest BCUT2D eigenvalue weighted by molar-refractivity contribution is 0.0266. The molecule has 3 rings (SSSR count). The summed E-state index contributed by atoms with van der Waals surface area (Å²) >= 11 is 0. The van der Waals surface area contributed by atoms with Crippen LogP contribution in [0, 0.1) is 10.8 Å². The third-order valence-electron chi connectivity index (χ3n) is 5.25. The number of hydrogen-bond acceptors (Lipinski definition) is 3. The van der Waals surface area contributed by atoms with E-state index in [0.717, 1.165) is 26.2 Å². The number of carbonyl (C=O) groups is 1. The largest absolute Gasteiger partial charge is 0.444 e. The second kappa shape index (κ2) is 4.11. The molecular formula is C15H26N2O2. The van der Waals surface area contributed by atoms with Gasteiger partial charge in [0.2, 0.25) is 0 Å². The molecule has 108 valence electrons. The molecule has 1 amide bonds. The van der Waals surface area contributed by atoms with Crippen LogP contribution >= 0.6 is 0 Å². The molecule has 1 saturated carbocycles. The van der Waals surface area contributed by atoms with Crippen molar-refractivity contribution in [3.63, 3.8) is 0 Å². The van der Waals surface area contributed by atoms with Gasteiger partial charge in [-0.2, -0.15) is 0 Å². The van der Waals surface area contributed by atoms with E-state index in [1.807, 2.05) is 25.7 Å². The van der Waals surface area contributed by atoms with E-state index < -0.39 is 5.60 Å². The number of ether oxygens (including phenoxy) is 1. The summed E-state index contributed by atoms with van der Waals surface area (Å²) in [5.74, 6) is 0. The second-order valence-corrected chi connectivity index (χ2v) is 7.71. The first-order chi connectivity index (χ1) is 8.86. The molecule has 0 spiro atoms. The number of likely N-dealkylation sites (tertiary alicyclic amines) is 1. The molecule has 3 fully saturated rings. The Hall–Kier alpha value is -0.770. The van der Waals surface area contributed by atoms with Crippen LogP contribution in [0.15, 0.2) is 0 Å². The molecule has 0 unspecified atom stereocenters. The predicted molar refractivity (Wildman–Crippen MR) is 74.0 cm³/mol. The van der Waals surface area contributed by atoms with Gasteiger partial charge < -0.3 is 15.0 Å². The van der Waals surface area contributed by atoms with Crippen LogP contribution in [0.3, 0.4) is 0 Å². The standard InChI is InChI=1S/C15H26N2O2/c1-13(2,3)19-12(18)17-10-14-6-4-5-7-15(14,11-17)9-16-8-14/h16H,4-11H2,1-3H3/t14-,15+. The fraction of sp³-hybridized carbons (Fsp3) is 0.933. The molecule has 4 nitrogen and oxygen atoms in total. The van der Waals surface area contributed by atoms with Gasteiger partial charge >= 0.3 is 6.09 Å². The van der Waals surface area contributed by atoms with Gasteiger partial charge in [0.05, 0.1) is 0 Å². The maximum atomic E-state index is 12.3. The predicted octanol–water partition coefficient (Wildman–Crippen LogP) is 2.39. The van der Waals surface area contributed by atoms with Crippen molar-refractivity contribution in [2.75, 3.05) is 26.2 Å². The highest BCUT2D eigenvalue weighted by Gasteiger charge is 2.62. The number of nitrogens with one attached hydrogen (secondary N) is 1. The Morgan fingerprint density at radius 1 is 1.11 bits per heavy atom. The Balaban J connectivity index is 1.77. The van der Waals surface area contributed by atoms with Crippen molar-refractivity contribution in [2.45, 2.75) is 52.1 Å². The quantitative estimate of drug-likeness (QED) is 0.732. The minimum absolute atomic E-state index is 0.123. The topological polar surface area (TPSA) is 41.6 Å². The van der Waals surface area contributed by atoms with Gasteiger partial charge in [-0.3, -0.25) is 0 Å². The highest BCUT2D eigenvalue weighted by atomic mass is 16.6. The lowest BCUT2D eigenvalue weighted by Crippen LogP contribution is -2.42. The van der Waals surface area contributed by atoms with Crippen molar-refractivity contribution in [1.82, 2.24) is 10.2 Å². The summed E-state index contributed by atoms with van der Waals surface area (Å²) in [6, 6.07) is 0. The third kappa shape index (κ3) is 2.04. The van der Waals surface area contributed by atoms with Crippen LogP contribution in [0.25, 0.3) is 0 Å². The third-order valence-corrected chi connectivity index (χ3v) is 5.25. The monoisotopic (exact) mass is 266 g/mol. The number of amides is 1. The van der Waals surface area contributed by atoms with Crippen LogP contribution in [0.1, 0.15) is 46.5 Å². The van der Waals surface area contributed by atoms with E-state index in [0.29, 0.717) is 10.8 Å². The van der Waals surface area contributed by atoms with Crippen LogP contribution in [-0.4, -0.2) is 42.8 Å². The lowest BCUT2D eigenvalue weighted by atomic mass is 9.60. The van der Waals surface area contributed by atoms with Crippen LogP contribution in [0.2, 0.25) is 0 Å². The Labute approximate surface area is 115 Å². The van der Waals surface area contributed by atoms with Gasteiger partial charge in [0.1, 0.15) is 5.60 Å². The Morgan fingerprint density at radius 2 is 1.63 bits per heavy atom. The van der Waals surface area contributed by atoms with E-state index >= 15 is 0 Å². The number of carbonyl (C=O) groups excluding carboxylic acids is 1. The van der Waals surface area contributed by atoms with Gasteiger partial charge in [-0.05, 0) is 33.6 Å². The van der Waals surface area contributed by atoms with Gasteiger partial charge in [0, 0.05) is 37.0 Å². The average molecular weight is 266 g/mol. The fourth-order valence-electron chi connectivity index (χ4n) is 4.40. The van der Waals surface area contributed by atoms with Crippen molar-refractivity contribution in [3.05, 3.63) is 0 Å². The molecule has 0 aromatic rings. The summed E-state index contributed by atoms with van der Waals surface area (Å²) in [5, 5.41) is 3.58. The lowest BCUT2D eigenvalue weighted by Gasteiger charge is -2.42. The van der Waals surface area contributed by atoms with Crippen LogP contribution < -0.4 is 5.32 Å². The molecule has 4 heteroatoms. The van der Waals surface area contributed by atoms with Crippen molar-refractivity contribution in [2.24, 2.45) is 10.8 Å². The minimum Gasteiger partial charge on any atom is -0.444 e. The molecule has 3 aliphatic rings. The number of nitrogens with zero attached hydrogens (tertiary/aromatic N) is 1. The van der Waals surface area contributed by atoms with E-state index in [9.17, 15) is 4.79 Å². The summed E-state index contributed by atoms with van der Waals surface area (Å²) < 4.78 is 5.55. The van der Waals surface area contributed by atoms with Crippen LogP contribution in [-0.2, 0) is 4.74 Å². The normalized spacial score (nSPS) is 37.9. The zero-order valence-corrected chi connectivity index (χ0v) is 12.4. The molecule has 19 heavy (non-hydrogen) atoms. The van der Waals surface area contributed by atoms with Gasteiger partial charge in [-0.1, -0.05) is 12.8 Å². The van der Waals surface area contributed by atoms with E-state index in [2.05, 4.69) is 5.32 Å².